The van der Waals surface area contributed by atoms with Crippen molar-refractivity contribution in [3.63, 3.8) is 0 Å². The van der Waals surface area contributed by atoms with Crippen LogP contribution in [0, 0.1) is 0 Å². The van der Waals surface area contributed by atoms with Crippen LogP contribution in [0.4, 0.5) is 23.1 Å². The Morgan fingerprint density at radius 1 is 1.18 bits per heavy atom. The minimum absolute atomic E-state index is 0.115. The number of primary amides is 1. The highest BCUT2D eigenvalue weighted by molar-refractivity contribution is 7.90. The van der Waals surface area contributed by atoms with E-state index in [9.17, 15) is 13.2 Å². The van der Waals surface area contributed by atoms with Gasteiger partial charge in [0.1, 0.15) is 17.1 Å². The quantitative estimate of drug-likeness (QED) is 0.463. The number of amides is 1. The molecule has 3 aromatic rings. The van der Waals surface area contributed by atoms with Crippen molar-refractivity contribution < 1.29 is 17.9 Å². The summed E-state index contributed by atoms with van der Waals surface area (Å²) in [5, 5.41) is 6.24. The molecule has 0 saturated heterocycles. The molecule has 178 valence electrons. The molecule has 2 heterocycles. The van der Waals surface area contributed by atoms with Crippen LogP contribution >= 0.6 is 0 Å². The summed E-state index contributed by atoms with van der Waals surface area (Å²) in [7, 11) is 0.110. The summed E-state index contributed by atoms with van der Waals surface area (Å²) in [6.07, 6.45) is 3.31. The van der Waals surface area contributed by atoms with E-state index in [0.717, 1.165) is 37.0 Å². The lowest BCUT2D eigenvalue weighted by molar-refractivity contribution is 0.100. The Morgan fingerprint density at radius 2 is 1.97 bits per heavy atom. The minimum Gasteiger partial charge on any atom is -0.495 e. The second kappa shape index (κ2) is 9.27. The van der Waals surface area contributed by atoms with Gasteiger partial charge in [-0.25, -0.2) is 13.4 Å². The number of anilines is 4. The highest BCUT2D eigenvalue weighted by Gasteiger charge is 2.19. The minimum atomic E-state index is -3.44. The number of likely N-dealkylation sites (N-methyl/N-ethyl adjacent to an activating group) is 1. The number of ether oxygens (including phenoxy) is 1. The second-order valence-electron chi connectivity index (χ2n) is 8.14. The van der Waals surface area contributed by atoms with Crippen LogP contribution < -0.4 is 21.1 Å². The van der Waals surface area contributed by atoms with Gasteiger partial charge in [-0.2, -0.15) is 4.98 Å². The number of sulfone groups is 1. The fraction of sp³-hybridized carbons (Fsp3) is 0.261. The molecule has 0 radical (unpaired) electrons. The van der Waals surface area contributed by atoms with Crippen LogP contribution in [0.15, 0.2) is 47.5 Å². The van der Waals surface area contributed by atoms with Crippen molar-refractivity contribution in [2.75, 3.05) is 37.6 Å². The maximum absolute atomic E-state index is 12.1. The maximum atomic E-state index is 12.1. The van der Waals surface area contributed by atoms with Gasteiger partial charge in [-0.3, -0.25) is 4.79 Å². The summed E-state index contributed by atoms with van der Waals surface area (Å²) in [5.41, 5.74) is 9.27. The smallest absolute Gasteiger partial charge is 0.254 e. The number of hydrogen-bond donors (Lipinski definition) is 3. The van der Waals surface area contributed by atoms with Gasteiger partial charge in [0.2, 0.25) is 5.95 Å². The molecule has 34 heavy (non-hydrogen) atoms. The van der Waals surface area contributed by atoms with E-state index < -0.39 is 15.7 Å². The van der Waals surface area contributed by atoms with Crippen molar-refractivity contribution in [3.05, 3.63) is 59.3 Å². The number of benzene rings is 2. The van der Waals surface area contributed by atoms with Gasteiger partial charge in [0, 0.05) is 31.2 Å². The number of fused-ring (bicyclic) bond motifs is 1. The standard InChI is InChI=1S/C23H26N6O4S/c1-29-10-9-16-14(13-29)5-4-6-18(16)26-22-17(21(24)30)12-25-23(28-22)27-19-11-15(34(3,31)32)7-8-20(19)33-2/h4-8,11-12H,9-10,13H2,1-3H3,(H2,24,30)(H2,25,26,27,28). The number of carbonyl (C=O) groups is 1. The summed E-state index contributed by atoms with van der Waals surface area (Å²) in [5.74, 6) is 0.123. The normalized spacial score (nSPS) is 13.7. The average molecular weight is 483 g/mol. The SMILES string of the molecule is COc1ccc(S(C)(=O)=O)cc1Nc1ncc(C(N)=O)c(Nc2cccc3c2CCN(C)C3)n1. The Kier molecular flexibility index (Phi) is 6.40. The van der Waals surface area contributed by atoms with Crippen LogP contribution in [-0.4, -0.2) is 56.2 Å². The van der Waals surface area contributed by atoms with Crippen LogP contribution in [-0.2, 0) is 22.8 Å². The monoisotopic (exact) mass is 482 g/mol. The predicted molar refractivity (Wildman–Crippen MR) is 130 cm³/mol. The number of aromatic nitrogens is 2. The zero-order valence-electron chi connectivity index (χ0n) is 19.1. The molecule has 0 unspecified atom stereocenters. The molecule has 11 heteroatoms. The van der Waals surface area contributed by atoms with Gasteiger partial charge in [-0.05, 0) is 48.9 Å². The fourth-order valence-corrected chi connectivity index (χ4v) is 4.50. The molecule has 1 aliphatic heterocycles. The van der Waals surface area contributed by atoms with Crippen molar-refractivity contribution >= 4 is 38.9 Å². The first-order valence-corrected chi connectivity index (χ1v) is 12.4. The van der Waals surface area contributed by atoms with Crippen LogP contribution in [0.25, 0.3) is 0 Å². The van der Waals surface area contributed by atoms with E-state index >= 15 is 0 Å². The van der Waals surface area contributed by atoms with E-state index in [1.54, 1.807) is 6.07 Å². The van der Waals surface area contributed by atoms with E-state index in [-0.39, 0.29) is 22.2 Å². The molecule has 0 aliphatic carbocycles. The molecule has 10 nitrogen and oxygen atoms in total. The zero-order chi connectivity index (χ0) is 24.5. The molecule has 2 aromatic carbocycles. The molecule has 4 N–H and O–H groups in total. The van der Waals surface area contributed by atoms with Gasteiger partial charge in [0.15, 0.2) is 9.84 Å². The van der Waals surface area contributed by atoms with Crippen molar-refractivity contribution in [2.24, 2.45) is 5.73 Å². The Bertz CT molecular complexity index is 1360. The molecule has 0 spiro atoms. The number of carbonyl (C=O) groups excluding carboxylic acids is 1. The van der Waals surface area contributed by atoms with Crippen LogP contribution in [0.3, 0.4) is 0 Å². The second-order valence-corrected chi connectivity index (χ2v) is 10.2. The van der Waals surface area contributed by atoms with Gasteiger partial charge in [-0.1, -0.05) is 12.1 Å². The molecular weight excluding hydrogens is 456 g/mol. The summed E-state index contributed by atoms with van der Waals surface area (Å²) in [6.45, 7) is 1.75. The summed E-state index contributed by atoms with van der Waals surface area (Å²) in [6, 6.07) is 10.4. The highest BCUT2D eigenvalue weighted by atomic mass is 32.2. The first kappa shape index (κ1) is 23.5. The Hall–Kier alpha value is -3.70. The zero-order valence-corrected chi connectivity index (χ0v) is 19.9. The number of methoxy groups -OCH3 is 1. The number of hydrogen-bond acceptors (Lipinski definition) is 9. The molecule has 0 bridgehead atoms. The molecule has 0 fully saturated rings. The van der Waals surface area contributed by atoms with Crippen LogP contribution in [0.1, 0.15) is 21.5 Å². The summed E-state index contributed by atoms with van der Waals surface area (Å²) < 4.78 is 29.3. The first-order chi connectivity index (χ1) is 16.2. The maximum Gasteiger partial charge on any atom is 0.254 e. The van der Waals surface area contributed by atoms with Gasteiger partial charge < -0.3 is 26.0 Å². The lowest BCUT2D eigenvalue weighted by Gasteiger charge is -2.27. The van der Waals surface area contributed by atoms with Crippen LogP contribution in [0.2, 0.25) is 0 Å². The van der Waals surface area contributed by atoms with Crippen molar-refractivity contribution in [2.45, 2.75) is 17.9 Å². The van der Waals surface area contributed by atoms with E-state index in [1.807, 2.05) is 12.1 Å². The molecule has 1 aromatic heterocycles. The highest BCUT2D eigenvalue weighted by Crippen LogP contribution is 2.32. The van der Waals surface area contributed by atoms with Crippen molar-refractivity contribution in [3.8, 4) is 5.75 Å². The number of nitrogens with zero attached hydrogens (tertiary/aromatic N) is 3. The number of rotatable bonds is 7. The van der Waals surface area contributed by atoms with E-state index in [0.29, 0.717) is 11.4 Å². The van der Waals surface area contributed by atoms with Crippen LogP contribution in [0.5, 0.6) is 5.75 Å². The van der Waals surface area contributed by atoms with E-state index in [4.69, 9.17) is 10.5 Å². The topological polar surface area (TPSA) is 140 Å². The molecule has 1 amide bonds. The first-order valence-electron chi connectivity index (χ1n) is 10.5. The third-order valence-corrected chi connectivity index (χ3v) is 6.72. The fourth-order valence-electron chi connectivity index (χ4n) is 3.85. The molecule has 0 saturated carbocycles. The molecule has 4 rings (SSSR count). The summed E-state index contributed by atoms with van der Waals surface area (Å²) >= 11 is 0. The number of nitrogens with one attached hydrogen (secondary N) is 2. The van der Waals surface area contributed by atoms with Gasteiger partial charge >= 0.3 is 0 Å². The van der Waals surface area contributed by atoms with Gasteiger partial charge in [0.05, 0.1) is 17.7 Å². The van der Waals surface area contributed by atoms with Crippen molar-refractivity contribution in [1.29, 1.82) is 0 Å². The average Bonchev–Trinajstić information content (AvgIpc) is 2.78. The van der Waals surface area contributed by atoms with E-state index in [1.165, 1.54) is 31.0 Å². The lowest BCUT2D eigenvalue weighted by Crippen LogP contribution is -2.27. The molecular formula is C23H26N6O4S. The Morgan fingerprint density at radius 3 is 2.68 bits per heavy atom. The third kappa shape index (κ3) is 4.95. The molecule has 1 aliphatic rings. The Labute approximate surface area is 198 Å². The summed E-state index contributed by atoms with van der Waals surface area (Å²) in [4.78, 5) is 23.1. The molecule has 0 atom stereocenters. The third-order valence-electron chi connectivity index (χ3n) is 5.61. The van der Waals surface area contributed by atoms with Crippen molar-refractivity contribution in [1.82, 2.24) is 14.9 Å². The number of nitrogens with two attached hydrogens (primary N) is 1. The van der Waals surface area contributed by atoms with E-state index in [2.05, 4.69) is 38.6 Å². The van der Waals surface area contributed by atoms with Gasteiger partial charge in [0.25, 0.3) is 5.91 Å². The lowest BCUT2D eigenvalue weighted by atomic mass is 9.98. The largest absolute Gasteiger partial charge is 0.495 e. The predicted octanol–water partition coefficient (Wildman–Crippen LogP) is 2.46. The Balaban J connectivity index is 1.71. The van der Waals surface area contributed by atoms with Gasteiger partial charge in [-0.15, -0.1) is 0 Å².